The summed E-state index contributed by atoms with van der Waals surface area (Å²) in [4.78, 5) is 30.9. The zero-order valence-electron chi connectivity index (χ0n) is 22.0. The number of carbonyl (C=O) groups is 2. The van der Waals surface area contributed by atoms with E-state index in [1.54, 1.807) is 4.90 Å². The lowest BCUT2D eigenvalue weighted by molar-refractivity contribution is -0.147. The van der Waals surface area contributed by atoms with Gasteiger partial charge in [-0.3, -0.25) is 9.59 Å². The number of rotatable bonds is 12. The van der Waals surface area contributed by atoms with E-state index in [4.69, 9.17) is 23.2 Å². The monoisotopic (exact) mass is 533 g/mol. The molecule has 1 aliphatic carbocycles. The van der Waals surface area contributed by atoms with Crippen molar-refractivity contribution in [2.45, 2.75) is 84.8 Å². The number of unbranched alkanes of at least 4 members (excludes halogenated alkanes) is 1. The summed E-state index contributed by atoms with van der Waals surface area (Å²) in [7, 11) is 0. The van der Waals surface area contributed by atoms with E-state index in [0.717, 1.165) is 54.8 Å². The molecule has 1 aromatic heterocycles. The summed E-state index contributed by atoms with van der Waals surface area (Å²) in [5.41, 5.74) is 1.42. The number of carbonyl (C=O) groups excluding carboxylic acids is 2. The Labute approximate surface area is 226 Å². The summed E-state index contributed by atoms with van der Waals surface area (Å²) in [5, 5.41) is 0.740. The van der Waals surface area contributed by atoms with Gasteiger partial charge in [-0.05, 0) is 56.9 Å². The third kappa shape index (κ3) is 7.52. The summed E-state index contributed by atoms with van der Waals surface area (Å²) >= 11 is 12.5. The van der Waals surface area contributed by atoms with Gasteiger partial charge in [-0.2, -0.15) is 0 Å². The summed E-state index contributed by atoms with van der Waals surface area (Å²) in [6, 6.07) is 12.2. The van der Waals surface area contributed by atoms with Gasteiger partial charge in [-0.1, -0.05) is 62.4 Å². The fourth-order valence-electron chi connectivity index (χ4n) is 4.89. The second-order valence-corrected chi connectivity index (χ2v) is 11.3. The van der Waals surface area contributed by atoms with Crippen LogP contribution in [0.5, 0.6) is 0 Å². The minimum Gasteiger partial charge on any atom is -0.345 e. The van der Waals surface area contributed by atoms with Crippen molar-refractivity contribution in [1.29, 1.82) is 0 Å². The molecular formula is C29H41Cl2N3O2. The molecule has 0 atom stereocenters. The second-order valence-electron chi connectivity index (χ2n) is 10.6. The molecule has 36 heavy (non-hydrogen) atoms. The molecule has 3 rings (SSSR count). The molecule has 1 saturated carbocycles. The van der Waals surface area contributed by atoms with Crippen LogP contribution in [0.2, 0.25) is 5.02 Å². The number of amides is 2. The topological polar surface area (TPSA) is 45.6 Å². The predicted molar refractivity (Wildman–Crippen MR) is 148 cm³/mol. The number of hydrogen-bond acceptors (Lipinski definition) is 2. The van der Waals surface area contributed by atoms with E-state index < -0.39 is 5.41 Å². The summed E-state index contributed by atoms with van der Waals surface area (Å²) < 4.78 is 2.17. The van der Waals surface area contributed by atoms with Crippen molar-refractivity contribution in [1.82, 2.24) is 14.4 Å². The van der Waals surface area contributed by atoms with Gasteiger partial charge in [0.05, 0.1) is 18.5 Å². The van der Waals surface area contributed by atoms with Crippen molar-refractivity contribution in [3.8, 4) is 0 Å². The molecule has 2 aromatic rings. The SMILES string of the molecule is CCCCN(CC(=O)N(Cc1cccn1Cc1ccccc1Cl)C1CCCCC1)C(=O)C(C)(C)CCl. The number of benzene rings is 1. The number of alkyl halides is 1. The molecule has 1 aromatic carbocycles. The average molecular weight is 535 g/mol. The van der Waals surface area contributed by atoms with Gasteiger partial charge in [0.2, 0.25) is 11.8 Å². The molecule has 2 amide bonds. The molecule has 198 valence electrons. The van der Waals surface area contributed by atoms with Crippen LogP contribution in [0.3, 0.4) is 0 Å². The number of nitrogens with zero attached hydrogens (tertiary/aromatic N) is 3. The van der Waals surface area contributed by atoms with Gasteiger partial charge in [0.15, 0.2) is 0 Å². The van der Waals surface area contributed by atoms with Crippen LogP contribution in [-0.4, -0.2) is 51.2 Å². The van der Waals surface area contributed by atoms with Crippen molar-refractivity contribution in [2.24, 2.45) is 5.41 Å². The lowest BCUT2D eigenvalue weighted by Crippen LogP contribution is -2.50. The Morgan fingerprint density at radius 1 is 1.08 bits per heavy atom. The fourth-order valence-corrected chi connectivity index (χ4v) is 5.20. The maximum absolute atomic E-state index is 13.9. The first-order chi connectivity index (χ1) is 17.3. The minimum absolute atomic E-state index is 0.0159. The summed E-state index contributed by atoms with van der Waals surface area (Å²) in [6.07, 6.45) is 9.36. The van der Waals surface area contributed by atoms with Crippen LogP contribution >= 0.6 is 23.2 Å². The lowest BCUT2D eigenvalue weighted by atomic mass is 9.93. The Morgan fingerprint density at radius 3 is 2.47 bits per heavy atom. The van der Waals surface area contributed by atoms with Crippen molar-refractivity contribution >= 4 is 35.0 Å². The first-order valence-corrected chi connectivity index (χ1v) is 14.2. The first-order valence-electron chi connectivity index (χ1n) is 13.3. The van der Waals surface area contributed by atoms with Crippen LogP contribution in [0, 0.1) is 5.41 Å². The Kier molecular flexibility index (Phi) is 10.7. The largest absolute Gasteiger partial charge is 0.345 e. The van der Waals surface area contributed by atoms with Crippen LogP contribution in [0.15, 0.2) is 42.6 Å². The van der Waals surface area contributed by atoms with Crippen LogP contribution < -0.4 is 0 Å². The average Bonchev–Trinajstić information content (AvgIpc) is 3.32. The van der Waals surface area contributed by atoms with Gasteiger partial charge >= 0.3 is 0 Å². The highest BCUT2D eigenvalue weighted by atomic mass is 35.5. The predicted octanol–water partition coefficient (Wildman–Crippen LogP) is 6.74. The van der Waals surface area contributed by atoms with Crippen molar-refractivity contribution < 1.29 is 9.59 Å². The van der Waals surface area contributed by atoms with Crippen LogP contribution in [0.1, 0.15) is 77.0 Å². The molecule has 1 aliphatic rings. The molecule has 5 nitrogen and oxygen atoms in total. The smallest absolute Gasteiger partial charge is 0.242 e. The van der Waals surface area contributed by atoms with Gasteiger partial charge in [-0.15, -0.1) is 11.6 Å². The zero-order chi connectivity index (χ0) is 26.1. The van der Waals surface area contributed by atoms with E-state index >= 15 is 0 Å². The minimum atomic E-state index is -0.700. The molecule has 0 bridgehead atoms. The van der Waals surface area contributed by atoms with Crippen LogP contribution in [0.25, 0.3) is 0 Å². The maximum atomic E-state index is 13.9. The van der Waals surface area contributed by atoms with Gasteiger partial charge in [0.1, 0.15) is 0 Å². The standard InChI is InChI=1S/C29H41Cl2N3O2/c1-4-5-17-33(28(36)29(2,3)22-30)21-27(35)34(24-13-7-6-8-14-24)20-25-15-11-18-32(25)19-23-12-9-10-16-26(23)31/h9-12,15-16,18,24H,4-8,13-14,17,19-22H2,1-3H3. The van der Waals surface area contributed by atoms with E-state index in [9.17, 15) is 9.59 Å². The van der Waals surface area contributed by atoms with Gasteiger partial charge in [0.25, 0.3) is 0 Å². The molecule has 1 heterocycles. The third-order valence-electron chi connectivity index (χ3n) is 7.20. The van der Waals surface area contributed by atoms with E-state index in [1.165, 1.54) is 6.42 Å². The Bertz CT molecular complexity index is 998. The quantitative estimate of drug-likeness (QED) is 0.283. The lowest BCUT2D eigenvalue weighted by Gasteiger charge is -2.37. The third-order valence-corrected chi connectivity index (χ3v) is 8.24. The maximum Gasteiger partial charge on any atom is 0.242 e. The molecule has 0 radical (unpaired) electrons. The first kappa shape index (κ1) is 28.6. The fraction of sp³-hybridized carbons (Fsp3) is 0.586. The summed E-state index contributed by atoms with van der Waals surface area (Å²) in [6.45, 7) is 7.65. The van der Waals surface area contributed by atoms with E-state index in [0.29, 0.717) is 19.6 Å². The Hall–Kier alpha value is -1.98. The molecular weight excluding hydrogens is 493 g/mol. The molecule has 0 spiro atoms. The normalized spacial score (nSPS) is 14.6. The van der Waals surface area contributed by atoms with E-state index in [2.05, 4.69) is 17.6 Å². The highest BCUT2D eigenvalue weighted by molar-refractivity contribution is 6.31. The van der Waals surface area contributed by atoms with Crippen molar-refractivity contribution in [3.63, 3.8) is 0 Å². The van der Waals surface area contributed by atoms with Crippen LogP contribution in [-0.2, 0) is 22.7 Å². The summed E-state index contributed by atoms with van der Waals surface area (Å²) in [5.74, 6) is 0.192. The zero-order valence-corrected chi connectivity index (χ0v) is 23.5. The van der Waals surface area contributed by atoms with E-state index in [-0.39, 0.29) is 30.3 Å². The molecule has 0 N–H and O–H groups in total. The highest BCUT2D eigenvalue weighted by Gasteiger charge is 2.34. The molecule has 0 unspecified atom stereocenters. The number of hydrogen-bond donors (Lipinski definition) is 0. The van der Waals surface area contributed by atoms with Gasteiger partial charge in [0, 0.05) is 41.9 Å². The molecule has 7 heteroatoms. The Morgan fingerprint density at radius 2 is 1.81 bits per heavy atom. The number of halogens is 2. The molecule has 0 saturated heterocycles. The van der Waals surface area contributed by atoms with Crippen LogP contribution in [0.4, 0.5) is 0 Å². The van der Waals surface area contributed by atoms with Crippen molar-refractivity contribution in [2.75, 3.05) is 19.0 Å². The van der Waals surface area contributed by atoms with Crippen molar-refractivity contribution in [3.05, 3.63) is 58.9 Å². The highest BCUT2D eigenvalue weighted by Crippen LogP contribution is 2.26. The Balaban J connectivity index is 1.82. The van der Waals surface area contributed by atoms with Gasteiger partial charge < -0.3 is 14.4 Å². The van der Waals surface area contributed by atoms with E-state index in [1.807, 2.05) is 55.3 Å². The second kappa shape index (κ2) is 13.5. The molecule has 1 fully saturated rings. The number of aromatic nitrogens is 1. The molecule has 0 aliphatic heterocycles. The van der Waals surface area contributed by atoms with Gasteiger partial charge in [-0.25, -0.2) is 0 Å².